The highest BCUT2D eigenvalue weighted by atomic mass is 19.1. The number of carbonyl (C=O) groups is 1. The molecule has 1 aromatic carbocycles. The van der Waals surface area contributed by atoms with Gasteiger partial charge in [0.25, 0.3) is 0 Å². The molecule has 1 aliphatic heterocycles. The van der Waals surface area contributed by atoms with Crippen molar-refractivity contribution in [1.29, 1.82) is 0 Å². The molecule has 108 valence electrons. The summed E-state index contributed by atoms with van der Waals surface area (Å²) in [6.07, 6.45) is 1.68. The van der Waals surface area contributed by atoms with E-state index in [1.54, 1.807) is 18.3 Å². The fourth-order valence-corrected chi connectivity index (χ4v) is 2.81. The van der Waals surface area contributed by atoms with Crippen molar-refractivity contribution in [1.82, 2.24) is 4.98 Å². The first-order valence-electron chi connectivity index (χ1n) is 6.79. The molecule has 0 amide bonds. The molecule has 2 heterocycles. The van der Waals surface area contributed by atoms with Gasteiger partial charge >= 0.3 is 5.97 Å². The summed E-state index contributed by atoms with van der Waals surface area (Å²) in [7, 11) is 0. The van der Waals surface area contributed by atoms with Crippen LogP contribution >= 0.6 is 0 Å². The average molecular weight is 286 g/mol. The first kappa shape index (κ1) is 13.5. The van der Waals surface area contributed by atoms with E-state index in [1.165, 1.54) is 12.1 Å². The van der Waals surface area contributed by atoms with E-state index < -0.39 is 11.9 Å². The zero-order valence-corrected chi connectivity index (χ0v) is 11.3. The Hall–Kier alpha value is -2.43. The third-order valence-electron chi connectivity index (χ3n) is 3.90. The molecular weight excluding hydrogens is 271 g/mol. The van der Waals surface area contributed by atoms with Gasteiger partial charge < -0.3 is 10.0 Å². The molecule has 21 heavy (non-hydrogen) atoms. The fourth-order valence-electron chi connectivity index (χ4n) is 2.81. The number of aliphatic carboxylic acids is 1. The maximum atomic E-state index is 13.0. The van der Waals surface area contributed by atoms with Crippen LogP contribution in [-0.2, 0) is 4.79 Å². The van der Waals surface area contributed by atoms with Gasteiger partial charge in [-0.05, 0) is 36.4 Å². The average Bonchev–Trinajstić information content (AvgIpc) is 2.94. The van der Waals surface area contributed by atoms with Gasteiger partial charge in [-0.2, -0.15) is 0 Å². The second-order valence-electron chi connectivity index (χ2n) is 5.19. The van der Waals surface area contributed by atoms with Crippen molar-refractivity contribution >= 4 is 11.7 Å². The summed E-state index contributed by atoms with van der Waals surface area (Å²) >= 11 is 0. The van der Waals surface area contributed by atoms with Gasteiger partial charge in [0.1, 0.15) is 5.82 Å². The van der Waals surface area contributed by atoms with E-state index in [-0.39, 0.29) is 11.7 Å². The number of halogens is 1. The van der Waals surface area contributed by atoms with Crippen molar-refractivity contribution in [3.05, 3.63) is 60.2 Å². The Morgan fingerprint density at radius 1 is 1.19 bits per heavy atom. The third-order valence-corrected chi connectivity index (χ3v) is 3.90. The molecule has 2 atom stereocenters. The van der Waals surface area contributed by atoms with Crippen LogP contribution in [-0.4, -0.2) is 29.1 Å². The van der Waals surface area contributed by atoms with Crippen LogP contribution in [0.25, 0.3) is 0 Å². The van der Waals surface area contributed by atoms with Gasteiger partial charge in [0.05, 0.1) is 5.92 Å². The number of rotatable bonds is 3. The minimum absolute atomic E-state index is 0.159. The van der Waals surface area contributed by atoms with Crippen molar-refractivity contribution < 1.29 is 14.3 Å². The molecule has 0 bridgehead atoms. The summed E-state index contributed by atoms with van der Waals surface area (Å²) in [6, 6.07) is 11.7. The molecule has 0 unspecified atom stereocenters. The molecule has 1 saturated heterocycles. The first-order chi connectivity index (χ1) is 10.1. The monoisotopic (exact) mass is 286 g/mol. The van der Waals surface area contributed by atoms with Crippen LogP contribution < -0.4 is 4.90 Å². The molecule has 0 saturated carbocycles. The fraction of sp³-hybridized carbons (Fsp3) is 0.250. The number of nitrogens with zero attached hydrogens (tertiary/aromatic N) is 2. The molecule has 2 aromatic rings. The normalized spacial score (nSPS) is 21.5. The van der Waals surface area contributed by atoms with Gasteiger partial charge in [-0.25, -0.2) is 4.39 Å². The van der Waals surface area contributed by atoms with Gasteiger partial charge in [-0.1, -0.05) is 6.07 Å². The Balaban J connectivity index is 1.88. The minimum atomic E-state index is -0.824. The number of carboxylic acids is 1. The molecule has 0 spiro atoms. The molecule has 0 radical (unpaired) electrons. The molecule has 1 aliphatic rings. The van der Waals surface area contributed by atoms with Crippen molar-refractivity contribution in [3.8, 4) is 0 Å². The van der Waals surface area contributed by atoms with Crippen LogP contribution in [0.2, 0.25) is 0 Å². The predicted molar refractivity (Wildman–Crippen MR) is 76.7 cm³/mol. The Morgan fingerprint density at radius 2 is 1.95 bits per heavy atom. The second kappa shape index (κ2) is 5.52. The van der Waals surface area contributed by atoms with Gasteiger partial charge in [0.2, 0.25) is 0 Å². The number of pyridine rings is 1. The summed E-state index contributed by atoms with van der Waals surface area (Å²) in [5.74, 6) is -1.79. The quantitative estimate of drug-likeness (QED) is 0.942. The summed E-state index contributed by atoms with van der Waals surface area (Å²) < 4.78 is 13.0. The molecule has 1 N–H and O–H groups in total. The molecule has 1 aromatic heterocycles. The van der Waals surface area contributed by atoms with E-state index in [0.717, 1.165) is 11.4 Å². The lowest BCUT2D eigenvalue weighted by molar-refractivity contribution is -0.141. The first-order valence-corrected chi connectivity index (χ1v) is 6.79. The van der Waals surface area contributed by atoms with Crippen molar-refractivity contribution in [2.45, 2.75) is 5.92 Å². The highest BCUT2D eigenvalue weighted by molar-refractivity contribution is 5.74. The Morgan fingerprint density at radius 3 is 2.57 bits per heavy atom. The van der Waals surface area contributed by atoms with Gasteiger partial charge in [-0.15, -0.1) is 0 Å². The molecule has 3 rings (SSSR count). The molecule has 0 aliphatic carbocycles. The van der Waals surface area contributed by atoms with E-state index in [1.807, 2.05) is 23.1 Å². The minimum Gasteiger partial charge on any atom is -0.481 e. The van der Waals surface area contributed by atoms with Crippen molar-refractivity contribution in [2.24, 2.45) is 5.92 Å². The third kappa shape index (κ3) is 2.72. The van der Waals surface area contributed by atoms with Crippen molar-refractivity contribution in [3.63, 3.8) is 0 Å². The van der Waals surface area contributed by atoms with Crippen LogP contribution in [0.15, 0.2) is 48.7 Å². The molecule has 1 fully saturated rings. The standard InChI is InChI=1S/C16H15FN2O2/c17-11-4-6-12(7-5-11)19-9-13(14(10-19)16(20)21)15-3-1-2-8-18-15/h1-8,13-14H,9-10H2,(H,20,21)/t13-,14+/m1/s1. The zero-order chi connectivity index (χ0) is 14.8. The maximum absolute atomic E-state index is 13.0. The topological polar surface area (TPSA) is 53.4 Å². The summed E-state index contributed by atoms with van der Waals surface area (Å²) in [4.78, 5) is 17.8. The van der Waals surface area contributed by atoms with Crippen LogP contribution in [0.4, 0.5) is 10.1 Å². The second-order valence-corrected chi connectivity index (χ2v) is 5.19. The summed E-state index contributed by atoms with van der Waals surface area (Å²) in [5, 5.41) is 9.44. The van der Waals surface area contributed by atoms with Gasteiger partial charge in [0.15, 0.2) is 0 Å². The molecular formula is C16H15FN2O2. The Labute approximate surface area is 121 Å². The predicted octanol–water partition coefficient (Wildman–Crippen LogP) is 2.53. The van der Waals surface area contributed by atoms with Gasteiger partial charge in [-0.3, -0.25) is 9.78 Å². The van der Waals surface area contributed by atoms with E-state index >= 15 is 0 Å². The van der Waals surface area contributed by atoms with E-state index in [9.17, 15) is 14.3 Å². The van der Waals surface area contributed by atoms with Crippen LogP contribution in [0.3, 0.4) is 0 Å². The number of hydrogen-bond acceptors (Lipinski definition) is 3. The Bertz CT molecular complexity index is 630. The highest BCUT2D eigenvalue weighted by Crippen LogP contribution is 2.34. The molecule has 5 heteroatoms. The van der Waals surface area contributed by atoms with E-state index in [4.69, 9.17) is 0 Å². The Kier molecular flexibility index (Phi) is 3.56. The lowest BCUT2D eigenvalue weighted by Gasteiger charge is -2.18. The number of benzene rings is 1. The van der Waals surface area contributed by atoms with E-state index in [2.05, 4.69) is 4.98 Å². The molecule has 4 nitrogen and oxygen atoms in total. The number of anilines is 1. The van der Waals surface area contributed by atoms with Crippen LogP contribution in [0, 0.1) is 11.7 Å². The zero-order valence-electron chi connectivity index (χ0n) is 11.3. The number of hydrogen-bond donors (Lipinski definition) is 1. The lowest BCUT2D eigenvalue weighted by atomic mass is 9.93. The van der Waals surface area contributed by atoms with Crippen molar-refractivity contribution in [2.75, 3.05) is 18.0 Å². The smallest absolute Gasteiger partial charge is 0.309 e. The number of carboxylic acid groups (broad SMARTS) is 1. The SMILES string of the molecule is O=C(O)[C@H]1CN(c2ccc(F)cc2)C[C@H]1c1ccccn1. The highest BCUT2D eigenvalue weighted by Gasteiger charge is 2.39. The van der Waals surface area contributed by atoms with E-state index in [0.29, 0.717) is 13.1 Å². The van der Waals surface area contributed by atoms with Crippen LogP contribution in [0.5, 0.6) is 0 Å². The summed E-state index contributed by atoms with van der Waals surface area (Å²) in [6.45, 7) is 0.974. The summed E-state index contributed by atoms with van der Waals surface area (Å²) in [5.41, 5.74) is 1.62. The van der Waals surface area contributed by atoms with Gasteiger partial charge in [0, 0.05) is 36.6 Å². The largest absolute Gasteiger partial charge is 0.481 e. The lowest BCUT2D eigenvalue weighted by Crippen LogP contribution is -2.23. The number of aromatic nitrogens is 1. The van der Waals surface area contributed by atoms with Crippen LogP contribution in [0.1, 0.15) is 11.6 Å². The maximum Gasteiger partial charge on any atom is 0.309 e.